The van der Waals surface area contributed by atoms with Gasteiger partial charge < -0.3 is 19.2 Å². The largest absolute Gasteiger partial charge is 0.493 e. The number of anilines is 1. The third-order valence-electron chi connectivity index (χ3n) is 4.99. The van der Waals surface area contributed by atoms with Crippen molar-refractivity contribution in [3.63, 3.8) is 0 Å². The normalized spacial score (nSPS) is 10.9. The van der Waals surface area contributed by atoms with Crippen molar-refractivity contribution >= 4 is 40.3 Å². The Hall–Kier alpha value is -3.79. The van der Waals surface area contributed by atoms with Gasteiger partial charge in [0.15, 0.2) is 22.2 Å². The molecule has 0 spiro atoms. The van der Waals surface area contributed by atoms with Gasteiger partial charge in [-0.2, -0.15) is 0 Å². The molecular weight excluding hydrogens is 456 g/mol. The zero-order valence-electron chi connectivity index (χ0n) is 19.0. The van der Waals surface area contributed by atoms with Gasteiger partial charge in [0.1, 0.15) is 0 Å². The van der Waals surface area contributed by atoms with E-state index >= 15 is 0 Å². The lowest BCUT2D eigenvalue weighted by Crippen LogP contribution is -2.15. The van der Waals surface area contributed by atoms with Crippen molar-refractivity contribution in [3.05, 3.63) is 54.1 Å². The Morgan fingerprint density at radius 3 is 2.62 bits per heavy atom. The summed E-state index contributed by atoms with van der Waals surface area (Å²) in [6, 6.07) is 14.1. The molecule has 176 valence electrons. The molecule has 2 aromatic heterocycles. The SMILES string of the molecule is CCOC(=O)c1ccc(NC(=O)CSc2nnc(-c3cc4cccc(OC)c4o3)n2CC)cc1. The quantitative estimate of drug-likeness (QED) is 0.273. The van der Waals surface area contributed by atoms with Crippen LogP contribution in [0.5, 0.6) is 5.75 Å². The number of thioether (sulfide) groups is 1. The lowest BCUT2D eigenvalue weighted by atomic mass is 10.2. The van der Waals surface area contributed by atoms with E-state index in [-0.39, 0.29) is 11.7 Å². The molecule has 0 saturated carbocycles. The number of amides is 1. The third kappa shape index (κ3) is 4.91. The van der Waals surface area contributed by atoms with Crippen LogP contribution < -0.4 is 10.1 Å². The standard InChI is InChI=1S/C24H24N4O5S/c1-4-28-22(19-13-16-7-6-8-18(31-3)21(16)33-19)26-27-24(28)34-14-20(29)25-17-11-9-15(10-12-17)23(30)32-5-2/h6-13H,4-5,14H2,1-3H3,(H,25,29). The molecule has 0 atom stereocenters. The summed E-state index contributed by atoms with van der Waals surface area (Å²) < 4.78 is 18.2. The van der Waals surface area contributed by atoms with E-state index in [4.69, 9.17) is 13.9 Å². The van der Waals surface area contributed by atoms with Gasteiger partial charge in [-0.25, -0.2) is 4.79 Å². The second-order valence-electron chi connectivity index (χ2n) is 7.17. The van der Waals surface area contributed by atoms with Gasteiger partial charge in [-0.05, 0) is 50.2 Å². The second kappa shape index (κ2) is 10.4. The van der Waals surface area contributed by atoms with Crippen molar-refractivity contribution in [3.8, 4) is 17.3 Å². The number of benzene rings is 2. The first-order chi connectivity index (χ1) is 16.5. The summed E-state index contributed by atoms with van der Waals surface area (Å²) in [7, 11) is 1.60. The average molecular weight is 481 g/mol. The highest BCUT2D eigenvalue weighted by Crippen LogP contribution is 2.33. The first-order valence-corrected chi connectivity index (χ1v) is 11.7. The molecule has 0 saturated heterocycles. The molecule has 4 rings (SSSR count). The molecule has 9 nitrogen and oxygen atoms in total. The van der Waals surface area contributed by atoms with E-state index in [0.29, 0.717) is 52.5 Å². The Morgan fingerprint density at radius 2 is 1.91 bits per heavy atom. The number of carbonyl (C=O) groups excluding carboxylic acids is 2. The minimum absolute atomic E-state index is 0.145. The zero-order valence-corrected chi connectivity index (χ0v) is 19.8. The first kappa shape index (κ1) is 23.4. The molecule has 2 heterocycles. The van der Waals surface area contributed by atoms with Crippen LogP contribution in [0.25, 0.3) is 22.6 Å². The van der Waals surface area contributed by atoms with E-state index in [2.05, 4.69) is 15.5 Å². The number of ether oxygens (including phenoxy) is 2. The molecule has 2 aromatic carbocycles. The van der Waals surface area contributed by atoms with Crippen molar-refractivity contribution < 1.29 is 23.5 Å². The van der Waals surface area contributed by atoms with Crippen molar-refractivity contribution in [1.29, 1.82) is 0 Å². The monoisotopic (exact) mass is 480 g/mol. The highest BCUT2D eigenvalue weighted by atomic mass is 32.2. The van der Waals surface area contributed by atoms with Gasteiger partial charge in [0.25, 0.3) is 0 Å². The lowest BCUT2D eigenvalue weighted by Gasteiger charge is -2.07. The van der Waals surface area contributed by atoms with Crippen LogP contribution in [0, 0.1) is 0 Å². The van der Waals surface area contributed by atoms with E-state index in [0.717, 1.165) is 5.39 Å². The van der Waals surface area contributed by atoms with E-state index in [9.17, 15) is 9.59 Å². The number of methoxy groups -OCH3 is 1. The van der Waals surface area contributed by atoms with Crippen molar-refractivity contribution in [2.45, 2.75) is 25.5 Å². The number of esters is 1. The number of nitrogens with zero attached hydrogens (tertiary/aromatic N) is 3. The van der Waals surface area contributed by atoms with Crippen LogP contribution in [0.3, 0.4) is 0 Å². The fraction of sp³-hybridized carbons (Fsp3) is 0.250. The molecule has 0 aliphatic heterocycles. The maximum Gasteiger partial charge on any atom is 0.338 e. The zero-order chi connectivity index (χ0) is 24.1. The van der Waals surface area contributed by atoms with Crippen LogP contribution in [-0.4, -0.2) is 46.1 Å². The fourth-order valence-electron chi connectivity index (χ4n) is 3.40. The molecular formula is C24H24N4O5S. The summed E-state index contributed by atoms with van der Waals surface area (Å²) in [4.78, 5) is 24.2. The Kier molecular flexibility index (Phi) is 7.17. The highest BCUT2D eigenvalue weighted by molar-refractivity contribution is 7.99. The van der Waals surface area contributed by atoms with Gasteiger partial charge in [-0.3, -0.25) is 9.36 Å². The summed E-state index contributed by atoms with van der Waals surface area (Å²) in [6.45, 7) is 4.64. The maximum absolute atomic E-state index is 12.5. The maximum atomic E-state index is 12.5. The lowest BCUT2D eigenvalue weighted by molar-refractivity contribution is -0.113. The molecule has 4 aromatic rings. The molecule has 10 heteroatoms. The molecule has 1 N–H and O–H groups in total. The third-order valence-corrected chi connectivity index (χ3v) is 5.96. The van der Waals surface area contributed by atoms with Crippen molar-refractivity contribution in [1.82, 2.24) is 14.8 Å². The van der Waals surface area contributed by atoms with E-state index in [1.54, 1.807) is 38.3 Å². The number of carbonyl (C=O) groups is 2. The number of hydrogen-bond donors (Lipinski definition) is 1. The number of fused-ring (bicyclic) bond motifs is 1. The van der Waals surface area contributed by atoms with Crippen molar-refractivity contribution in [2.75, 3.05) is 24.8 Å². The number of hydrogen-bond acceptors (Lipinski definition) is 8. The van der Waals surface area contributed by atoms with Crippen LogP contribution in [-0.2, 0) is 16.1 Å². The molecule has 1 amide bonds. The number of nitrogens with one attached hydrogen (secondary N) is 1. The molecule has 0 fully saturated rings. The average Bonchev–Trinajstić information content (AvgIpc) is 3.46. The molecule has 34 heavy (non-hydrogen) atoms. The number of furan rings is 1. The van der Waals surface area contributed by atoms with Crippen molar-refractivity contribution in [2.24, 2.45) is 0 Å². The number of para-hydroxylation sites is 1. The molecule has 0 bridgehead atoms. The second-order valence-corrected chi connectivity index (χ2v) is 8.12. The summed E-state index contributed by atoms with van der Waals surface area (Å²) in [5.41, 5.74) is 1.67. The van der Waals surface area contributed by atoms with Gasteiger partial charge in [0.05, 0.1) is 25.0 Å². The van der Waals surface area contributed by atoms with Gasteiger partial charge in [-0.1, -0.05) is 23.9 Å². The van der Waals surface area contributed by atoms with Crippen LogP contribution in [0.2, 0.25) is 0 Å². The Bertz CT molecular complexity index is 1310. The summed E-state index contributed by atoms with van der Waals surface area (Å²) in [5.74, 6) is 1.35. The van der Waals surface area contributed by atoms with Gasteiger partial charge >= 0.3 is 5.97 Å². The summed E-state index contributed by atoms with van der Waals surface area (Å²) in [5, 5.41) is 12.9. The molecule has 0 aliphatic rings. The van der Waals surface area contributed by atoms with Gasteiger partial charge in [0, 0.05) is 17.6 Å². The summed E-state index contributed by atoms with van der Waals surface area (Å²) >= 11 is 1.28. The van der Waals surface area contributed by atoms with E-state index in [1.807, 2.05) is 35.8 Å². The Balaban J connectivity index is 1.43. The molecule has 0 radical (unpaired) electrons. The minimum atomic E-state index is -0.395. The van der Waals surface area contributed by atoms with Crippen LogP contribution >= 0.6 is 11.8 Å². The van der Waals surface area contributed by atoms with E-state index < -0.39 is 5.97 Å². The van der Waals surface area contributed by atoms with Crippen LogP contribution in [0.15, 0.2) is 58.1 Å². The first-order valence-electron chi connectivity index (χ1n) is 10.7. The van der Waals surface area contributed by atoms with Crippen LogP contribution in [0.4, 0.5) is 5.69 Å². The summed E-state index contributed by atoms with van der Waals surface area (Å²) in [6.07, 6.45) is 0. The van der Waals surface area contributed by atoms with Gasteiger partial charge in [0.2, 0.25) is 11.7 Å². The number of rotatable bonds is 9. The Labute approximate surface area is 200 Å². The minimum Gasteiger partial charge on any atom is -0.493 e. The smallest absolute Gasteiger partial charge is 0.338 e. The fourth-order valence-corrected chi connectivity index (χ4v) is 4.20. The predicted molar refractivity (Wildman–Crippen MR) is 129 cm³/mol. The number of aromatic nitrogens is 3. The highest BCUT2D eigenvalue weighted by Gasteiger charge is 2.19. The predicted octanol–water partition coefficient (Wildman–Crippen LogP) is 4.63. The Morgan fingerprint density at radius 1 is 1.12 bits per heavy atom. The molecule has 0 aliphatic carbocycles. The van der Waals surface area contributed by atoms with Crippen LogP contribution in [0.1, 0.15) is 24.2 Å². The molecule has 0 unspecified atom stereocenters. The van der Waals surface area contributed by atoms with E-state index in [1.165, 1.54) is 11.8 Å². The topological polar surface area (TPSA) is 108 Å². The van der Waals surface area contributed by atoms with Gasteiger partial charge in [-0.15, -0.1) is 10.2 Å².